The molecule has 0 aromatic heterocycles. The van der Waals surface area contributed by atoms with Gasteiger partial charge in [-0.2, -0.15) is 0 Å². The second-order valence-corrected chi connectivity index (χ2v) is 5.82. The van der Waals surface area contributed by atoms with E-state index >= 15 is 0 Å². The first-order valence-corrected chi connectivity index (χ1v) is 7.30. The summed E-state index contributed by atoms with van der Waals surface area (Å²) in [5.74, 6) is 0. The lowest BCUT2D eigenvalue weighted by atomic mass is 10.4. The average molecular weight is 174 g/mol. The third kappa shape index (κ3) is 8.04. The molecule has 1 atom stereocenters. The minimum Gasteiger partial charge on any atom is -0.328 e. The van der Waals surface area contributed by atoms with E-state index < -0.39 is 8.96 Å². The van der Waals surface area contributed by atoms with Gasteiger partial charge >= 0.3 is 0 Å². The van der Waals surface area contributed by atoms with Gasteiger partial charge in [-0.05, 0) is 12.6 Å². The van der Waals surface area contributed by atoms with E-state index in [1.54, 1.807) is 0 Å². The Morgan fingerprint density at radius 2 is 2.00 bits per heavy atom. The van der Waals surface area contributed by atoms with Crippen molar-refractivity contribution in [1.29, 1.82) is 0 Å². The maximum absolute atomic E-state index is 3.55. The summed E-state index contributed by atoms with van der Waals surface area (Å²) >= 11 is 0. The van der Waals surface area contributed by atoms with Crippen molar-refractivity contribution in [2.45, 2.75) is 39.3 Å². The highest BCUT2D eigenvalue weighted by molar-refractivity contribution is 6.54. The van der Waals surface area contributed by atoms with Gasteiger partial charge in [0.25, 0.3) is 0 Å². The number of hydrogen-bond acceptors (Lipinski definition) is 2. The maximum Gasteiger partial charge on any atom is 0.107 e. The molecular weight excluding hydrogens is 152 g/mol. The lowest BCUT2D eigenvalue weighted by Gasteiger charge is -2.11. The van der Waals surface area contributed by atoms with Crippen LogP contribution in [0.15, 0.2) is 0 Å². The molecule has 2 nitrogen and oxygen atoms in total. The normalized spacial score (nSPS) is 13.4. The minimum atomic E-state index is -0.564. The van der Waals surface area contributed by atoms with Gasteiger partial charge in [0, 0.05) is 6.67 Å². The van der Waals surface area contributed by atoms with Crippen LogP contribution in [0.25, 0.3) is 0 Å². The molecule has 0 aromatic rings. The quantitative estimate of drug-likeness (QED) is 0.345. The summed E-state index contributed by atoms with van der Waals surface area (Å²) in [5, 5.41) is 3.28. The van der Waals surface area contributed by atoms with Crippen molar-refractivity contribution in [3.63, 3.8) is 0 Å². The van der Waals surface area contributed by atoms with Crippen molar-refractivity contribution in [2.24, 2.45) is 0 Å². The van der Waals surface area contributed by atoms with Crippen LogP contribution in [0.5, 0.6) is 0 Å². The van der Waals surface area contributed by atoms with E-state index in [2.05, 4.69) is 30.7 Å². The number of unbranched alkanes of at least 4 members (excludes halogenated alkanes) is 1. The molecule has 1 unspecified atom stereocenters. The van der Waals surface area contributed by atoms with Crippen LogP contribution in [-0.2, 0) is 0 Å². The van der Waals surface area contributed by atoms with Crippen LogP contribution in [0.2, 0.25) is 12.6 Å². The minimum absolute atomic E-state index is 0.564. The molecule has 0 fully saturated rings. The van der Waals surface area contributed by atoms with Gasteiger partial charge in [-0.25, -0.2) is 0 Å². The van der Waals surface area contributed by atoms with E-state index in [1.807, 2.05) is 0 Å². The van der Waals surface area contributed by atoms with E-state index in [4.69, 9.17) is 0 Å². The van der Waals surface area contributed by atoms with Gasteiger partial charge in [0.05, 0.1) is 0 Å². The summed E-state index contributed by atoms with van der Waals surface area (Å²) in [6.07, 6.45) is 2.73. The molecule has 11 heavy (non-hydrogen) atoms. The Morgan fingerprint density at radius 1 is 1.27 bits per heavy atom. The first-order valence-electron chi connectivity index (χ1n) is 4.75. The van der Waals surface area contributed by atoms with E-state index in [9.17, 15) is 0 Å². The maximum atomic E-state index is 3.55. The van der Waals surface area contributed by atoms with Gasteiger partial charge < -0.3 is 10.3 Å². The fourth-order valence-corrected chi connectivity index (χ4v) is 2.70. The van der Waals surface area contributed by atoms with Crippen LogP contribution in [0.1, 0.15) is 26.7 Å². The van der Waals surface area contributed by atoms with Gasteiger partial charge in [-0.1, -0.05) is 33.2 Å². The van der Waals surface area contributed by atoms with Gasteiger partial charge in [-0.15, -0.1) is 0 Å². The fourth-order valence-electron chi connectivity index (χ4n) is 0.984. The van der Waals surface area contributed by atoms with E-state index in [0.29, 0.717) is 0 Å². The third-order valence-electron chi connectivity index (χ3n) is 1.82. The monoisotopic (exact) mass is 174 g/mol. The van der Waals surface area contributed by atoms with Crippen LogP contribution < -0.4 is 10.3 Å². The Bertz CT molecular complexity index is 78.5. The van der Waals surface area contributed by atoms with Gasteiger partial charge in [-0.3, -0.25) is 0 Å². The molecule has 68 valence electrons. The first kappa shape index (κ1) is 11.1. The summed E-state index contributed by atoms with van der Waals surface area (Å²) in [4.78, 5) is 3.55. The highest BCUT2D eigenvalue weighted by Crippen LogP contribution is 1.97. The van der Waals surface area contributed by atoms with Crippen molar-refractivity contribution < 1.29 is 0 Å². The molecule has 0 saturated heterocycles. The van der Waals surface area contributed by atoms with Crippen LogP contribution in [0, 0.1) is 0 Å². The molecule has 0 bridgehead atoms. The molecule has 0 aliphatic heterocycles. The average Bonchev–Trinajstić information content (AvgIpc) is 2.01. The summed E-state index contributed by atoms with van der Waals surface area (Å²) in [6.45, 7) is 8.86. The Morgan fingerprint density at radius 3 is 2.55 bits per heavy atom. The Hall–Kier alpha value is 0.137. The highest BCUT2D eigenvalue weighted by atomic mass is 28.3. The third-order valence-corrected chi connectivity index (χ3v) is 3.99. The smallest absolute Gasteiger partial charge is 0.107 e. The van der Waals surface area contributed by atoms with Crippen molar-refractivity contribution >= 4 is 8.96 Å². The predicted molar refractivity (Wildman–Crippen MR) is 54.4 cm³/mol. The van der Waals surface area contributed by atoms with E-state index in [0.717, 1.165) is 13.2 Å². The van der Waals surface area contributed by atoms with Crippen molar-refractivity contribution in [3.05, 3.63) is 0 Å². The topological polar surface area (TPSA) is 24.1 Å². The molecule has 0 heterocycles. The summed E-state index contributed by atoms with van der Waals surface area (Å²) in [7, 11) is -0.564. The first-order chi connectivity index (χ1) is 5.31. The second kappa shape index (κ2) is 8.24. The molecule has 0 saturated carbocycles. The standard InChI is InChI=1S/C8H22N2Si/c1-4-6-7-11(3)10-8-9-5-2/h9-11H,4-8H2,1-3H3. The summed E-state index contributed by atoms with van der Waals surface area (Å²) in [5.41, 5.74) is 0. The van der Waals surface area contributed by atoms with Gasteiger partial charge in [0.2, 0.25) is 0 Å². The molecule has 0 aliphatic rings. The molecule has 0 aromatic carbocycles. The molecular formula is C8H22N2Si. The zero-order chi connectivity index (χ0) is 8.53. The van der Waals surface area contributed by atoms with Crippen molar-refractivity contribution in [3.8, 4) is 0 Å². The Balaban J connectivity index is 3.02. The zero-order valence-corrected chi connectivity index (χ0v) is 9.27. The lowest BCUT2D eigenvalue weighted by molar-refractivity contribution is 0.694. The largest absolute Gasteiger partial charge is 0.328 e. The second-order valence-electron chi connectivity index (χ2n) is 3.03. The van der Waals surface area contributed by atoms with E-state index in [1.165, 1.54) is 18.9 Å². The molecule has 2 N–H and O–H groups in total. The molecule has 0 rings (SSSR count). The number of nitrogens with one attached hydrogen (secondary N) is 2. The number of rotatable bonds is 7. The molecule has 0 amide bonds. The van der Waals surface area contributed by atoms with Crippen LogP contribution in [0.3, 0.4) is 0 Å². The van der Waals surface area contributed by atoms with Crippen LogP contribution in [0.4, 0.5) is 0 Å². The molecule has 0 aliphatic carbocycles. The summed E-state index contributed by atoms with van der Waals surface area (Å²) < 4.78 is 0. The Labute approximate surface area is 72.5 Å². The zero-order valence-electron chi connectivity index (χ0n) is 8.11. The molecule has 0 radical (unpaired) electrons. The molecule has 0 spiro atoms. The summed E-state index contributed by atoms with van der Waals surface area (Å²) in [6, 6.07) is 1.43. The van der Waals surface area contributed by atoms with Crippen LogP contribution >= 0.6 is 0 Å². The molecule has 3 heteroatoms. The fraction of sp³-hybridized carbons (Fsp3) is 1.00. The van der Waals surface area contributed by atoms with E-state index in [-0.39, 0.29) is 0 Å². The van der Waals surface area contributed by atoms with Crippen LogP contribution in [-0.4, -0.2) is 22.2 Å². The predicted octanol–water partition coefficient (Wildman–Crippen LogP) is 1.30. The lowest BCUT2D eigenvalue weighted by Crippen LogP contribution is -2.38. The van der Waals surface area contributed by atoms with Gasteiger partial charge in [0.1, 0.15) is 8.96 Å². The van der Waals surface area contributed by atoms with Gasteiger partial charge in [0.15, 0.2) is 0 Å². The highest BCUT2D eigenvalue weighted by Gasteiger charge is 1.99. The van der Waals surface area contributed by atoms with Crippen molar-refractivity contribution in [1.82, 2.24) is 10.3 Å². The van der Waals surface area contributed by atoms with Crippen molar-refractivity contribution in [2.75, 3.05) is 13.2 Å². The SMILES string of the molecule is CCCC[SiH](C)NCNCC. The Kier molecular flexibility index (Phi) is 8.34. The number of hydrogen-bond donors (Lipinski definition) is 2.